The fourth-order valence-corrected chi connectivity index (χ4v) is 3.88. The molecule has 0 bridgehead atoms. The molecule has 0 saturated heterocycles. The first-order valence-corrected chi connectivity index (χ1v) is 11.2. The minimum Gasteiger partial charge on any atom is -0.357 e. The van der Waals surface area contributed by atoms with Gasteiger partial charge < -0.3 is 4.90 Å². The number of aryl methyl sites for hydroxylation is 2. The predicted octanol–water partition coefficient (Wildman–Crippen LogP) is 5.19. The molecule has 166 valence electrons. The van der Waals surface area contributed by atoms with Gasteiger partial charge in [-0.15, -0.1) is 10.2 Å². The lowest BCUT2D eigenvalue weighted by molar-refractivity contribution is 0.594. The van der Waals surface area contributed by atoms with Crippen LogP contribution >= 0.6 is 0 Å². The average Bonchev–Trinajstić information content (AvgIpc) is 3.31. The molecule has 32 heavy (non-hydrogen) atoms. The first-order valence-electron chi connectivity index (χ1n) is 11.2. The van der Waals surface area contributed by atoms with Crippen LogP contribution in [0.25, 0.3) is 11.4 Å². The maximum Gasteiger partial charge on any atom is 0.205 e. The van der Waals surface area contributed by atoms with Crippen LogP contribution in [-0.4, -0.2) is 44.4 Å². The highest BCUT2D eigenvalue weighted by Gasteiger charge is 2.35. The lowest BCUT2D eigenvalue weighted by atomic mass is 9.87. The van der Waals surface area contributed by atoms with Gasteiger partial charge in [-0.2, -0.15) is 9.78 Å². The minimum absolute atomic E-state index is 0.203. The quantitative estimate of drug-likeness (QED) is 0.560. The maximum atomic E-state index is 5.01. The van der Waals surface area contributed by atoms with Crippen molar-refractivity contribution in [2.75, 3.05) is 18.0 Å². The topological polar surface area (TPSA) is 71.6 Å². The Balaban J connectivity index is 1.83. The van der Waals surface area contributed by atoms with Gasteiger partial charge in [-0.1, -0.05) is 45.0 Å². The van der Waals surface area contributed by atoms with Crippen LogP contribution in [0.5, 0.6) is 0 Å². The Labute approximate surface area is 189 Å². The van der Waals surface area contributed by atoms with Gasteiger partial charge in [-0.05, 0) is 45.4 Å². The molecule has 7 nitrogen and oxygen atoms in total. The fourth-order valence-electron chi connectivity index (χ4n) is 3.88. The summed E-state index contributed by atoms with van der Waals surface area (Å²) in [5.41, 5.74) is 5.30. The summed E-state index contributed by atoms with van der Waals surface area (Å²) in [4.78, 5) is 12.0. The van der Waals surface area contributed by atoms with Crippen LogP contribution in [0.1, 0.15) is 51.7 Å². The number of fused-ring (bicyclic) bond motifs is 1. The Hall–Kier alpha value is -3.35. The van der Waals surface area contributed by atoms with E-state index in [0.717, 1.165) is 58.7 Å². The van der Waals surface area contributed by atoms with E-state index in [1.807, 2.05) is 41.9 Å². The summed E-state index contributed by atoms with van der Waals surface area (Å²) in [6.45, 7) is 16.6. The van der Waals surface area contributed by atoms with Gasteiger partial charge in [-0.3, -0.25) is 0 Å². The Bertz CT molecular complexity index is 1210. The molecule has 0 saturated carbocycles. The molecule has 7 heteroatoms. The lowest BCUT2D eigenvalue weighted by Crippen LogP contribution is -2.27. The van der Waals surface area contributed by atoms with E-state index < -0.39 is 0 Å². The number of pyridine rings is 1. The molecule has 3 aromatic rings. The fraction of sp³-hybridized carbons (Fsp3) is 0.400. The van der Waals surface area contributed by atoms with Gasteiger partial charge in [0.25, 0.3) is 0 Å². The standard InChI is InChI=1S/C25H31N7/c1-8-31(9-2)20-15-14-19(17(4)26-20)27-21-22(25(5,6)7)30-32-23(28-29-24(21)32)18-13-11-10-12-16(18)3/h10-15H,8-9H2,1-7H3/b27-21+. The number of anilines is 1. The zero-order chi connectivity index (χ0) is 23.0. The van der Waals surface area contributed by atoms with Gasteiger partial charge in [0, 0.05) is 24.1 Å². The van der Waals surface area contributed by atoms with Gasteiger partial charge in [0.2, 0.25) is 5.82 Å². The molecule has 0 atom stereocenters. The van der Waals surface area contributed by atoms with Crippen molar-refractivity contribution in [3.63, 3.8) is 0 Å². The van der Waals surface area contributed by atoms with Crippen molar-refractivity contribution < 1.29 is 0 Å². The van der Waals surface area contributed by atoms with Crippen molar-refractivity contribution in [2.45, 2.75) is 48.5 Å². The molecule has 1 aromatic carbocycles. The van der Waals surface area contributed by atoms with E-state index in [-0.39, 0.29) is 5.41 Å². The van der Waals surface area contributed by atoms with E-state index in [4.69, 9.17) is 15.1 Å². The van der Waals surface area contributed by atoms with E-state index in [1.54, 1.807) is 0 Å². The molecule has 0 amide bonds. The SMILES string of the molecule is CCN(CC)c1ccc(/N=C2\C(C(C)(C)C)=Nn3c2nnc3-c2ccccc2C)c(C)n1. The van der Waals surface area contributed by atoms with Crippen LogP contribution in [0.4, 0.5) is 11.5 Å². The first kappa shape index (κ1) is 21.9. The molecular formula is C25H31N7. The number of benzene rings is 1. The highest BCUT2D eigenvalue weighted by atomic mass is 15.5. The largest absolute Gasteiger partial charge is 0.357 e. The van der Waals surface area contributed by atoms with Crippen LogP contribution in [-0.2, 0) is 0 Å². The minimum atomic E-state index is -0.203. The molecule has 0 aliphatic carbocycles. The van der Waals surface area contributed by atoms with Crippen molar-refractivity contribution in [2.24, 2.45) is 15.5 Å². The molecule has 1 aliphatic heterocycles. The van der Waals surface area contributed by atoms with Gasteiger partial charge in [0.1, 0.15) is 11.5 Å². The number of hydrogen-bond donors (Lipinski definition) is 0. The molecule has 0 spiro atoms. The van der Waals surface area contributed by atoms with E-state index in [9.17, 15) is 0 Å². The second kappa shape index (κ2) is 8.30. The van der Waals surface area contributed by atoms with E-state index in [2.05, 4.69) is 62.7 Å². The Morgan fingerprint density at radius 2 is 1.62 bits per heavy atom. The van der Waals surface area contributed by atoms with Gasteiger partial charge in [0.15, 0.2) is 5.82 Å². The number of aliphatic imine (C=N–C) groups is 1. The van der Waals surface area contributed by atoms with Crippen LogP contribution in [0.2, 0.25) is 0 Å². The summed E-state index contributed by atoms with van der Waals surface area (Å²) >= 11 is 0. The molecular weight excluding hydrogens is 398 g/mol. The summed E-state index contributed by atoms with van der Waals surface area (Å²) in [6.07, 6.45) is 0. The molecule has 4 rings (SSSR count). The Morgan fingerprint density at radius 1 is 0.938 bits per heavy atom. The summed E-state index contributed by atoms with van der Waals surface area (Å²) in [5.74, 6) is 2.37. The van der Waals surface area contributed by atoms with Gasteiger partial charge >= 0.3 is 0 Å². The summed E-state index contributed by atoms with van der Waals surface area (Å²) in [5, 5.41) is 13.9. The number of rotatable bonds is 5. The zero-order valence-electron chi connectivity index (χ0n) is 20.0. The van der Waals surface area contributed by atoms with Crippen LogP contribution in [0.3, 0.4) is 0 Å². The third-order valence-electron chi connectivity index (χ3n) is 5.74. The maximum absolute atomic E-state index is 5.01. The van der Waals surface area contributed by atoms with Crippen LogP contribution in [0, 0.1) is 19.3 Å². The summed E-state index contributed by atoms with van der Waals surface area (Å²) < 4.78 is 1.83. The Kier molecular flexibility index (Phi) is 5.67. The van der Waals surface area contributed by atoms with Crippen molar-refractivity contribution in [1.82, 2.24) is 19.9 Å². The molecule has 0 radical (unpaired) electrons. The van der Waals surface area contributed by atoms with Crippen LogP contribution < -0.4 is 4.90 Å². The van der Waals surface area contributed by atoms with Crippen LogP contribution in [0.15, 0.2) is 46.5 Å². The third kappa shape index (κ3) is 3.83. The molecule has 2 aromatic heterocycles. The smallest absolute Gasteiger partial charge is 0.205 e. The third-order valence-corrected chi connectivity index (χ3v) is 5.74. The summed E-state index contributed by atoms with van der Waals surface area (Å²) in [7, 11) is 0. The Morgan fingerprint density at radius 3 is 2.25 bits per heavy atom. The molecule has 1 aliphatic rings. The summed E-state index contributed by atoms with van der Waals surface area (Å²) in [6, 6.07) is 12.2. The monoisotopic (exact) mass is 429 g/mol. The molecule has 0 unspecified atom stereocenters. The lowest BCUT2D eigenvalue weighted by Gasteiger charge is -2.20. The molecule has 0 N–H and O–H groups in total. The predicted molar refractivity (Wildman–Crippen MR) is 131 cm³/mol. The molecule has 3 heterocycles. The van der Waals surface area contributed by atoms with Crippen molar-refractivity contribution in [3.05, 3.63) is 53.5 Å². The average molecular weight is 430 g/mol. The van der Waals surface area contributed by atoms with E-state index >= 15 is 0 Å². The zero-order valence-corrected chi connectivity index (χ0v) is 20.0. The normalized spacial score (nSPS) is 14.6. The van der Waals surface area contributed by atoms with Gasteiger partial charge in [-0.25, -0.2) is 9.98 Å². The van der Waals surface area contributed by atoms with Crippen molar-refractivity contribution >= 4 is 22.9 Å². The number of aromatic nitrogens is 4. The number of hydrogen-bond acceptors (Lipinski definition) is 6. The highest BCUT2D eigenvalue weighted by Crippen LogP contribution is 2.31. The molecule has 0 fully saturated rings. The second-order valence-electron chi connectivity index (χ2n) is 9.08. The van der Waals surface area contributed by atoms with Gasteiger partial charge in [0.05, 0.1) is 17.1 Å². The van der Waals surface area contributed by atoms with E-state index in [1.165, 1.54) is 0 Å². The van der Waals surface area contributed by atoms with Crippen molar-refractivity contribution in [1.29, 1.82) is 0 Å². The highest BCUT2D eigenvalue weighted by molar-refractivity contribution is 6.50. The first-order chi connectivity index (χ1) is 15.2. The van der Waals surface area contributed by atoms with E-state index in [0.29, 0.717) is 5.82 Å². The number of nitrogens with zero attached hydrogens (tertiary/aromatic N) is 7. The second-order valence-corrected chi connectivity index (χ2v) is 9.08. The van der Waals surface area contributed by atoms with Crippen molar-refractivity contribution in [3.8, 4) is 11.4 Å².